The molecule has 1 fully saturated rings. The molecule has 0 radical (unpaired) electrons. The molecule has 7 heteroatoms. The number of amides is 1. The fourth-order valence-corrected chi connectivity index (χ4v) is 3.50. The minimum atomic E-state index is -0.0145. The van der Waals surface area contributed by atoms with Gasteiger partial charge in [0, 0.05) is 29.3 Å². The molecule has 24 heavy (non-hydrogen) atoms. The van der Waals surface area contributed by atoms with Gasteiger partial charge in [-0.15, -0.1) is 12.4 Å². The van der Waals surface area contributed by atoms with Crippen molar-refractivity contribution in [3.8, 4) is 5.69 Å². The van der Waals surface area contributed by atoms with E-state index in [1.54, 1.807) is 17.1 Å². The van der Waals surface area contributed by atoms with Crippen LogP contribution in [0.1, 0.15) is 36.5 Å². The van der Waals surface area contributed by atoms with Crippen LogP contribution in [0.2, 0.25) is 0 Å². The van der Waals surface area contributed by atoms with Gasteiger partial charge in [0.25, 0.3) is 5.91 Å². The summed E-state index contributed by atoms with van der Waals surface area (Å²) in [7, 11) is 0. The van der Waals surface area contributed by atoms with E-state index in [9.17, 15) is 4.79 Å². The van der Waals surface area contributed by atoms with Crippen LogP contribution >= 0.6 is 28.3 Å². The molecule has 0 aliphatic carbocycles. The normalized spacial score (nSPS) is 18.8. The van der Waals surface area contributed by atoms with Gasteiger partial charge in [0.05, 0.1) is 17.4 Å². The van der Waals surface area contributed by atoms with Gasteiger partial charge in [-0.05, 0) is 44.4 Å². The molecule has 1 aromatic carbocycles. The van der Waals surface area contributed by atoms with E-state index in [0.717, 1.165) is 36.0 Å². The summed E-state index contributed by atoms with van der Waals surface area (Å²) >= 11 is 3.45. The summed E-state index contributed by atoms with van der Waals surface area (Å²) in [5, 5.41) is 4.33. The largest absolute Gasteiger partial charge is 0.334 e. The van der Waals surface area contributed by atoms with E-state index in [2.05, 4.69) is 21.0 Å². The Morgan fingerprint density at radius 1 is 1.42 bits per heavy atom. The van der Waals surface area contributed by atoms with Crippen molar-refractivity contribution in [3.05, 3.63) is 46.7 Å². The number of halogens is 2. The number of nitrogens with zero attached hydrogens (tertiary/aromatic N) is 3. The Bertz CT molecular complexity index is 703. The molecule has 1 aromatic heterocycles. The van der Waals surface area contributed by atoms with Crippen LogP contribution < -0.4 is 5.73 Å². The molecule has 2 unspecified atom stereocenters. The van der Waals surface area contributed by atoms with Crippen molar-refractivity contribution >= 4 is 34.2 Å². The molecule has 1 saturated heterocycles. The topological polar surface area (TPSA) is 64.2 Å². The lowest BCUT2D eigenvalue weighted by Gasteiger charge is -2.37. The third-order valence-electron chi connectivity index (χ3n) is 4.32. The number of piperidine rings is 1. The van der Waals surface area contributed by atoms with Crippen molar-refractivity contribution < 1.29 is 4.79 Å². The molecular weight excluding hydrogens is 392 g/mol. The molecule has 0 bridgehead atoms. The summed E-state index contributed by atoms with van der Waals surface area (Å²) < 4.78 is 2.70. The summed E-state index contributed by atoms with van der Waals surface area (Å²) in [6.07, 6.45) is 6.57. The van der Waals surface area contributed by atoms with Gasteiger partial charge in [0.2, 0.25) is 0 Å². The van der Waals surface area contributed by atoms with Crippen molar-refractivity contribution in [1.29, 1.82) is 0 Å². The number of carbonyl (C=O) groups excluding carboxylic acids is 1. The molecular formula is C17H22BrClN4O. The van der Waals surface area contributed by atoms with Gasteiger partial charge in [-0.3, -0.25) is 4.79 Å². The first-order valence-corrected chi connectivity index (χ1v) is 8.73. The first-order chi connectivity index (χ1) is 11.1. The predicted molar refractivity (Wildman–Crippen MR) is 101 cm³/mol. The number of carbonyl (C=O) groups is 1. The molecule has 1 aliphatic heterocycles. The lowest BCUT2D eigenvalue weighted by Crippen LogP contribution is -2.51. The van der Waals surface area contributed by atoms with Gasteiger partial charge in [-0.1, -0.05) is 22.0 Å². The quantitative estimate of drug-likeness (QED) is 0.839. The Morgan fingerprint density at radius 3 is 2.92 bits per heavy atom. The van der Waals surface area contributed by atoms with Gasteiger partial charge >= 0.3 is 0 Å². The highest BCUT2D eigenvalue weighted by atomic mass is 79.9. The molecule has 0 spiro atoms. The van der Waals surface area contributed by atoms with Gasteiger partial charge in [-0.2, -0.15) is 5.10 Å². The molecule has 3 rings (SSSR count). The Hall–Kier alpha value is -1.37. The second-order valence-electron chi connectivity index (χ2n) is 6.07. The second-order valence-corrected chi connectivity index (χ2v) is 6.99. The number of rotatable bonds is 3. The third kappa shape index (κ3) is 3.99. The van der Waals surface area contributed by atoms with Gasteiger partial charge < -0.3 is 10.6 Å². The first kappa shape index (κ1) is 19.0. The number of aromatic nitrogens is 2. The van der Waals surface area contributed by atoms with Crippen LogP contribution in [0.25, 0.3) is 5.69 Å². The molecule has 1 amide bonds. The summed E-state index contributed by atoms with van der Waals surface area (Å²) in [5.41, 5.74) is 7.59. The monoisotopic (exact) mass is 412 g/mol. The summed E-state index contributed by atoms with van der Waals surface area (Å²) in [6.45, 7) is 2.74. The van der Waals surface area contributed by atoms with E-state index in [1.165, 1.54) is 0 Å². The number of hydrogen-bond donors (Lipinski definition) is 1. The van der Waals surface area contributed by atoms with Crippen LogP contribution in [0.15, 0.2) is 41.1 Å². The van der Waals surface area contributed by atoms with Crippen LogP contribution in [0, 0.1) is 0 Å². The summed E-state index contributed by atoms with van der Waals surface area (Å²) in [6, 6.07) is 7.93. The average molecular weight is 414 g/mol. The Labute approximate surface area is 156 Å². The minimum absolute atomic E-state index is 0. The lowest BCUT2D eigenvalue weighted by molar-refractivity contribution is 0.0584. The van der Waals surface area contributed by atoms with E-state index in [4.69, 9.17) is 5.73 Å². The standard InChI is InChI=1S/C17H21BrN4O.ClH/c1-12(19)16-7-2-3-8-21(16)17(23)13-10-20-22(11-13)15-6-4-5-14(18)9-15;/h4-6,9-12,16H,2-3,7-8,19H2,1H3;1H. The van der Waals surface area contributed by atoms with Crippen molar-refractivity contribution in [2.24, 2.45) is 5.73 Å². The maximum absolute atomic E-state index is 12.8. The SMILES string of the molecule is CC(N)C1CCCCN1C(=O)c1cnn(-c2cccc(Br)c2)c1.Cl. The fourth-order valence-electron chi connectivity index (χ4n) is 3.12. The molecule has 130 valence electrons. The second kappa shape index (κ2) is 8.14. The highest BCUT2D eigenvalue weighted by molar-refractivity contribution is 9.10. The third-order valence-corrected chi connectivity index (χ3v) is 4.81. The predicted octanol–water partition coefficient (Wildman–Crippen LogP) is 3.40. The Balaban J connectivity index is 0.00000208. The van der Waals surface area contributed by atoms with E-state index in [0.29, 0.717) is 5.56 Å². The van der Waals surface area contributed by atoms with E-state index < -0.39 is 0 Å². The van der Waals surface area contributed by atoms with Crippen molar-refractivity contribution in [1.82, 2.24) is 14.7 Å². The van der Waals surface area contributed by atoms with Crippen LogP contribution in [0.3, 0.4) is 0 Å². The maximum Gasteiger partial charge on any atom is 0.257 e. The zero-order chi connectivity index (χ0) is 16.4. The number of benzene rings is 1. The molecule has 0 saturated carbocycles. The maximum atomic E-state index is 12.8. The molecule has 2 heterocycles. The minimum Gasteiger partial charge on any atom is -0.334 e. The van der Waals surface area contributed by atoms with Crippen molar-refractivity contribution in [2.45, 2.75) is 38.3 Å². The molecule has 2 aromatic rings. The van der Waals surface area contributed by atoms with Crippen LogP contribution in [-0.4, -0.2) is 39.2 Å². The number of nitrogens with two attached hydrogens (primary N) is 1. The Kier molecular flexibility index (Phi) is 6.43. The first-order valence-electron chi connectivity index (χ1n) is 7.93. The van der Waals surface area contributed by atoms with E-state index in [-0.39, 0.29) is 30.4 Å². The van der Waals surface area contributed by atoms with E-state index >= 15 is 0 Å². The number of hydrogen-bond acceptors (Lipinski definition) is 3. The Morgan fingerprint density at radius 2 is 2.21 bits per heavy atom. The molecule has 2 atom stereocenters. The molecule has 5 nitrogen and oxygen atoms in total. The van der Waals surface area contributed by atoms with Crippen molar-refractivity contribution in [2.75, 3.05) is 6.54 Å². The highest BCUT2D eigenvalue weighted by Gasteiger charge is 2.30. The van der Waals surface area contributed by atoms with E-state index in [1.807, 2.05) is 36.1 Å². The summed E-state index contributed by atoms with van der Waals surface area (Å²) in [4.78, 5) is 14.7. The van der Waals surface area contributed by atoms with Gasteiger partial charge in [0.15, 0.2) is 0 Å². The van der Waals surface area contributed by atoms with Crippen LogP contribution in [0.5, 0.6) is 0 Å². The fraction of sp³-hybridized carbons (Fsp3) is 0.412. The number of likely N-dealkylation sites (tertiary alicyclic amines) is 1. The zero-order valence-corrected chi connectivity index (χ0v) is 16.0. The zero-order valence-electron chi connectivity index (χ0n) is 13.6. The van der Waals surface area contributed by atoms with Crippen LogP contribution in [-0.2, 0) is 0 Å². The van der Waals surface area contributed by atoms with Crippen molar-refractivity contribution in [3.63, 3.8) is 0 Å². The van der Waals surface area contributed by atoms with Gasteiger partial charge in [-0.25, -0.2) is 4.68 Å². The average Bonchev–Trinajstić information content (AvgIpc) is 3.04. The van der Waals surface area contributed by atoms with Gasteiger partial charge in [0.1, 0.15) is 0 Å². The smallest absolute Gasteiger partial charge is 0.257 e. The molecule has 2 N–H and O–H groups in total. The van der Waals surface area contributed by atoms with Crippen LogP contribution in [0.4, 0.5) is 0 Å². The lowest BCUT2D eigenvalue weighted by atomic mass is 9.96. The highest BCUT2D eigenvalue weighted by Crippen LogP contribution is 2.22. The summed E-state index contributed by atoms with van der Waals surface area (Å²) in [5.74, 6) is 0.0215. The molecule has 1 aliphatic rings.